The highest BCUT2D eigenvalue weighted by atomic mass is 32.1. The molecule has 0 unspecified atom stereocenters. The first-order chi connectivity index (χ1) is 10.1. The molecule has 0 fully saturated rings. The maximum atomic E-state index is 12.2. The molecule has 5 nitrogen and oxygen atoms in total. The first-order valence-electron chi connectivity index (χ1n) is 6.32. The van der Waals surface area contributed by atoms with E-state index >= 15 is 0 Å². The van der Waals surface area contributed by atoms with Gasteiger partial charge in [-0.25, -0.2) is 9.97 Å². The van der Waals surface area contributed by atoms with Gasteiger partial charge in [-0.2, -0.15) is 0 Å². The number of aromatic nitrogens is 2. The van der Waals surface area contributed by atoms with E-state index < -0.39 is 0 Å². The van der Waals surface area contributed by atoms with Gasteiger partial charge < -0.3 is 10.0 Å². The summed E-state index contributed by atoms with van der Waals surface area (Å²) in [4.78, 5) is 22.3. The number of rotatable bonds is 3. The van der Waals surface area contributed by atoms with Crippen LogP contribution in [0, 0.1) is 18.8 Å². The Morgan fingerprint density at radius 2 is 2.29 bits per heavy atom. The number of nitrogens with zero attached hydrogens (tertiary/aromatic N) is 3. The number of thiazole rings is 1. The quantitative estimate of drug-likeness (QED) is 0.872. The molecule has 2 aromatic heterocycles. The first-order valence-corrected chi connectivity index (χ1v) is 7.20. The van der Waals surface area contributed by atoms with E-state index in [4.69, 9.17) is 5.11 Å². The van der Waals surface area contributed by atoms with E-state index in [1.807, 2.05) is 12.3 Å². The zero-order chi connectivity index (χ0) is 15.2. The Morgan fingerprint density at radius 1 is 1.48 bits per heavy atom. The second kappa shape index (κ2) is 6.97. The molecule has 1 N–H and O–H groups in total. The third-order valence-electron chi connectivity index (χ3n) is 2.71. The molecule has 6 heteroatoms. The molecule has 2 aromatic rings. The predicted octanol–water partition coefficient (Wildman–Crippen LogP) is 1.46. The minimum absolute atomic E-state index is 0.165. The van der Waals surface area contributed by atoms with Crippen molar-refractivity contribution in [2.24, 2.45) is 0 Å². The van der Waals surface area contributed by atoms with Gasteiger partial charge >= 0.3 is 0 Å². The van der Waals surface area contributed by atoms with E-state index in [2.05, 4.69) is 21.8 Å². The molecule has 1 amide bonds. The van der Waals surface area contributed by atoms with Gasteiger partial charge in [-0.05, 0) is 19.1 Å². The van der Waals surface area contributed by atoms with Crippen LogP contribution in [0.2, 0.25) is 0 Å². The largest absolute Gasteiger partial charge is 0.384 e. The van der Waals surface area contributed by atoms with E-state index in [0.717, 1.165) is 10.7 Å². The SMILES string of the molecule is Cc1nc(CN(C)C(=O)c2ccc(C#CCO)cn2)cs1. The smallest absolute Gasteiger partial charge is 0.272 e. The Morgan fingerprint density at radius 3 is 2.86 bits per heavy atom. The number of aryl methyl sites for hydroxylation is 1. The van der Waals surface area contributed by atoms with Crippen LogP contribution in [0.1, 0.15) is 26.8 Å². The topological polar surface area (TPSA) is 66.3 Å². The van der Waals surface area contributed by atoms with Crippen molar-refractivity contribution in [2.45, 2.75) is 13.5 Å². The number of carbonyl (C=O) groups is 1. The predicted molar refractivity (Wildman–Crippen MR) is 80.8 cm³/mol. The fourth-order valence-corrected chi connectivity index (χ4v) is 2.33. The van der Waals surface area contributed by atoms with E-state index in [1.54, 1.807) is 35.4 Å². The van der Waals surface area contributed by atoms with Gasteiger partial charge in [-0.15, -0.1) is 11.3 Å². The van der Waals surface area contributed by atoms with Crippen LogP contribution in [0.3, 0.4) is 0 Å². The third-order valence-corrected chi connectivity index (χ3v) is 3.53. The van der Waals surface area contributed by atoms with Crippen LogP contribution in [0.15, 0.2) is 23.7 Å². The van der Waals surface area contributed by atoms with Gasteiger partial charge in [0.05, 0.1) is 17.2 Å². The van der Waals surface area contributed by atoms with Crippen molar-refractivity contribution in [3.8, 4) is 11.8 Å². The summed E-state index contributed by atoms with van der Waals surface area (Å²) in [6.45, 7) is 2.19. The summed E-state index contributed by atoms with van der Waals surface area (Å²) in [7, 11) is 1.72. The number of aliphatic hydroxyl groups excluding tert-OH is 1. The standard InChI is InChI=1S/C15H15N3O2S/c1-11-17-13(10-21-11)9-18(2)15(20)14-6-5-12(8-16-14)4-3-7-19/h5-6,8,10,19H,7,9H2,1-2H3. The minimum atomic E-state index is -0.198. The van der Waals surface area contributed by atoms with Crippen LogP contribution in [0.4, 0.5) is 0 Å². The van der Waals surface area contributed by atoms with Crippen molar-refractivity contribution in [1.29, 1.82) is 0 Å². The molecule has 2 rings (SSSR count). The number of carbonyl (C=O) groups excluding carboxylic acids is 1. The maximum Gasteiger partial charge on any atom is 0.272 e. The highest BCUT2D eigenvalue weighted by Gasteiger charge is 2.14. The monoisotopic (exact) mass is 301 g/mol. The van der Waals surface area contributed by atoms with Crippen LogP contribution in [0.25, 0.3) is 0 Å². The molecule has 0 spiro atoms. The highest BCUT2D eigenvalue weighted by Crippen LogP contribution is 2.11. The fourth-order valence-electron chi connectivity index (χ4n) is 1.73. The van der Waals surface area contributed by atoms with Gasteiger partial charge in [-0.1, -0.05) is 11.8 Å². The molecule has 21 heavy (non-hydrogen) atoms. The van der Waals surface area contributed by atoms with Crippen LogP contribution < -0.4 is 0 Å². The van der Waals surface area contributed by atoms with Crippen molar-refractivity contribution < 1.29 is 9.90 Å². The molecule has 0 saturated heterocycles. The number of amides is 1. The molecule has 0 atom stereocenters. The third kappa shape index (κ3) is 4.12. The van der Waals surface area contributed by atoms with Gasteiger partial charge in [0, 0.05) is 24.2 Å². The Bertz CT molecular complexity index is 683. The molecule has 0 aliphatic carbocycles. The lowest BCUT2D eigenvalue weighted by Gasteiger charge is -2.15. The van der Waals surface area contributed by atoms with Crippen molar-refractivity contribution in [3.05, 3.63) is 45.7 Å². The second-order valence-corrected chi connectivity index (χ2v) is 5.47. The molecule has 2 heterocycles. The Balaban J connectivity index is 2.05. The van der Waals surface area contributed by atoms with E-state index in [-0.39, 0.29) is 12.5 Å². The van der Waals surface area contributed by atoms with Crippen molar-refractivity contribution in [1.82, 2.24) is 14.9 Å². The lowest BCUT2D eigenvalue weighted by Crippen LogP contribution is -2.27. The first kappa shape index (κ1) is 15.2. The van der Waals surface area contributed by atoms with Gasteiger partial charge in [-0.3, -0.25) is 4.79 Å². The molecule has 0 saturated carbocycles. The van der Waals surface area contributed by atoms with Gasteiger partial charge in [0.25, 0.3) is 5.91 Å². The summed E-state index contributed by atoms with van der Waals surface area (Å²) in [5.74, 6) is 5.11. The minimum Gasteiger partial charge on any atom is -0.384 e. The Labute approximate surface area is 127 Å². The van der Waals surface area contributed by atoms with E-state index in [9.17, 15) is 4.79 Å². The van der Waals surface area contributed by atoms with Crippen LogP contribution >= 0.6 is 11.3 Å². The summed E-state index contributed by atoms with van der Waals surface area (Å²) in [5.41, 5.74) is 1.90. The summed E-state index contributed by atoms with van der Waals surface area (Å²) < 4.78 is 0. The van der Waals surface area contributed by atoms with Crippen molar-refractivity contribution in [3.63, 3.8) is 0 Å². The maximum absolute atomic E-state index is 12.2. The molecule has 0 aliphatic rings. The highest BCUT2D eigenvalue weighted by molar-refractivity contribution is 7.09. The normalized spacial score (nSPS) is 9.86. The molecule has 0 aliphatic heterocycles. The molecular weight excluding hydrogens is 286 g/mol. The number of pyridine rings is 1. The van der Waals surface area contributed by atoms with Crippen LogP contribution in [-0.2, 0) is 6.54 Å². The van der Waals surface area contributed by atoms with Crippen LogP contribution in [0.5, 0.6) is 0 Å². The van der Waals surface area contributed by atoms with Gasteiger partial charge in [0.15, 0.2) is 0 Å². The number of aliphatic hydroxyl groups is 1. The zero-order valence-corrected chi connectivity index (χ0v) is 12.6. The lowest BCUT2D eigenvalue weighted by atomic mass is 10.2. The molecule has 0 radical (unpaired) electrons. The summed E-state index contributed by atoms with van der Waals surface area (Å²) in [6, 6.07) is 3.34. The number of hydrogen-bond donors (Lipinski definition) is 1. The molecule has 0 aromatic carbocycles. The Kier molecular flexibility index (Phi) is 5.04. The van der Waals surface area contributed by atoms with Crippen molar-refractivity contribution >= 4 is 17.2 Å². The van der Waals surface area contributed by atoms with Crippen LogP contribution in [-0.4, -0.2) is 39.5 Å². The second-order valence-electron chi connectivity index (χ2n) is 4.41. The molecule has 0 bridgehead atoms. The summed E-state index contributed by atoms with van der Waals surface area (Å²) in [6.07, 6.45) is 1.52. The van der Waals surface area contributed by atoms with Crippen molar-refractivity contribution in [2.75, 3.05) is 13.7 Å². The average molecular weight is 301 g/mol. The Hall–Kier alpha value is -2.23. The lowest BCUT2D eigenvalue weighted by molar-refractivity contribution is 0.0778. The summed E-state index contributed by atoms with van der Waals surface area (Å²) >= 11 is 1.56. The van der Waals surface area contributed by atoms with Gasteiger partial charge in [0.2, 0.25) is 0 Å². The summed E-state index contributed by atoms with van der Waals surface area (Å²) in [5, 5.41) is 11.6. The van der Waals surface area contributed by atoms with E-state index in [1.165, 1.54) is 6.20 Å². The van der Waals surface area contributed by atoms with Gasteiger partial charge in [0.1, 0.15) is 12.3 Å². The van der Waals surface area contributed by atoms with E-state index in [0.29, 0.717) is 17.8 Å². The number of hydrogen-bond acceptors (Lipinski definition) is 5. The zero-order valence-electron chi connectivity index (χ0n) is 11.8. The average Bonchev–Trinajstić information content (AvgIpc) is 2.90. The molecular formula is C15H15N3O2S. The fraction of sp³-hybridized carbons (Fsp3) is 0.267. The molecule has 108 valence electrons.